The van der Waals surface area contributed by atoms with Gasteiger partial charge in [0.25, 0.3) is 0 Å². The summed E-state index contributed by atoms with van der Waals surface area (Å²) in [5.41, 5.74) is 1.23. The molecule has 0 spiro atoms. The molecule has 1 amide bonds. The highest BCUT2D eigenvalue weighted by atomic mass is 32.1. The number of hydrogen-bond donors (Lipinski definition) is 1. The zero-order valence-electron chi connectivity index (χ0n) is 16.8. The van der Waals surface area contributed by atoms with Gasteiger partial charge in [-0.25, -0.2) is 4.98 Å². The van der Waals surface area contributed by atoms with E-state index in [2.05, 4.69) is 39.3 Å². The molecule has 4 rings (SSSR count). The number of piperidine rings is 3. The summed E-state index contributed by atoms with van der Waals surface area (Å²) in [5, 5.41) is 6.63. The second-order valence-electron chi connectivity index (χ2n) is 8.73. The van der Waals surface area contributed by atoms with Crippen LogP contribution < -0.4 is 5.32 Å². The molecule has 1 aromatic rings. The largest absolute Gasteiger partial charge is 0.355 e. The van der Waals surface area contributed by atoms with Crippen LogP contribution in [0.5, 0.6) is 0 Å². The van der Waals surface area contributed by atoms with E-state index in [1.807, 2.05) is 0 Å². The lowest BCUT2D eigenvalue weighted by Gasteiger charge is -2.56. The first-order valence-corrected chi connectivity index (χ1v) is 11.7. The van der Waals surface area contributed by atoms with Gasteiger partial charge in [0.05, 0.1) is 10.7 Å². The number of likely N-dealkylation sites (tertiary alicyclic amines) is 1. The fourth-order valence-corrected chi connectivity index (χ4v) is 6.26. The molecule has 0 radical (unpaired) electrons. The number of nitrogens with one attached hydrogen (secondary N) is 1. The summed E-state index contributed by atoms with van der Waals surface area (Å²) >= 11 is 1.76. The zero-order valence-corrected chi connectivity index (χ0v) is 17.6. The Hall–Kier alpha value is -0.980. The van der Waals surface area contributed by atoms with Crippen molar-refractivity contribution in [3.05, 3.63) is 16.1 Å². The summed E-state index contributed by atoms with van der Waals surface area (Å²) in [5.74, 6) is 1.67. The maximum Gasteiger partial charge on any atom is 0.220 e. The lowest BCUT2D eigenvalue weighted by atomic mass is 9.72. The van der Waals surface area contributed by atoms with E-state index in [0.717, 1.165) is 37.0 Å². The van der Waals surface area contributed by atoms with Crippen molar-refractivity contribution < 1.29 is 4.79 Å². The van der Waals surface area contributed by atoms with Gasteiger partial charge in [-0.3, -0.25) is 14.6 Å². The van der Waals surface area contributed by atoms with Gasteiger partial charge in [0.1, 0.15) is 0 Å². The lowest BCUT2D eigenvalue weighted by Crippen LogP contribution is -2.65. The fraction of sp³-hybridized carbons (Fsp3) is 0.810. The lowest BCUT2D eigenvalue weighted by molar-refractivity contribution is -0.122. The number of carbonyl (C=O) groups is 1. The van der Waals surface area contributed by atoms with Crippen molar-refractivity contribution in [1.82, 2.24) is 20.1 Å². The van der Waals surface area contributed by atoms with E-state index in [9.17, 15) is 4.79 Å². The molecule has 150 valence electrons. The van der Waals surface area contributed by atoms with Crippen molar-refractivity contribution in [1.29, 1.82) is 0 Å². The first-order valence-electron chi connectivity index (χ1n) is 10.8. The molecular weight excluding hydrogens is 356 g/mol. The van der Waals surface area contributed by atoms with E-state index in [4.69, 9.17) is 0 Å². The number of carbonyl (C=O) groups excluding carboxylic acids is 1. The predicted octanol–water partition coefficient (Wildman–Crippen LogP) is 3.04. The Kier molecular flexibility index (Phi) is 6.15. The van der Waals surface area contributed by atoms with Crippen LogP contribution in [0.4, 0.5) is 0 Å². The van der Waals surface area contributed by atoms with Crippen molar-refractivity contribution in [3.8, 4) is 0 Å². The Morgan fingerprint density at radius 3 is 2.96 bits per heavy atom. The Labute approximate surface area is 167 Å². The van der Waals surface area contributed by atoms with Gasteiger partial charge < -0.3 is 5.32 Å². The number of thiazole rings is 1. The number of amides is 1. The van der Waals surface area contributed by atoms with Gasteiger partial charge in [0.2, 0.25) is 5.91 Å². The minimum absolute atomic E-state index is 0.221. The van der Waals surface area contributed by atoms with Crippen LogP contribution in [-0.4, -0.2) is 59.0 Å². The van der Waals surface area contributed by atoms with Crippen LogP contribution >= 0.6 is 11.3 Å². The molecule has 0 saturated carbocycles. The van der Waals surface area contributed by atoms with E-state index < -0.39 is 0 Å². The summed E-state index contributed by atoms with van der Waals surface area (Å²) in [4.78, 5) is 22.2. The molecule has 0 unspecified atom stereocenters. The van der Waals surface area contributed by atoms with E-state index >= 15 is 0 Å². The zero-order chi connectivity index (χ0) is 18.8. The molecule has 27 heavy (non-hydrogen) atoms. The van der Waals surface area contributed by atoms with Crippen LogP contribution in [0, 0.1) is 18.8 Å². The molecule has 5 nitrogen and oxygen atoms in total. The summed E-state index contributed by atoms with van der Waals surface area (Å²) in [6, 6.07) is 1.22. The number of hydrogen-bond acceptors (Lipinski definition) is 5. The molecular formula is C21H34N4OS. The first-order chi connectivity index (χ1) is 13.1. The van der Waals surface area contributed by atoms with Gasteiger partial charge in [-0.05, 0) is 51.0 Å². The van der Waals surface area contributed by atoms with Gasteiger partial charge in [-0.2, -0.15) is 0 Å². The quantitative estimate of drug-likeness (QED) is 0.811. The van der Waals surface area contributed by atoms with Crippen LogP contribution in [0.2, 0.25) is 0 Å². The summed E-state index contributed by atoms with van der Waals surface area (Å²) < 4.78 is 0. The van der Waals surface area contributed by atoms with E-state index in [0.29, 0.717) is 24.4 Å². The maximum atomic E-state index is 12.1. The van der Waals surface area contributed by atoms with E-state index in [1.54, 1.807) is 11.3 Å². The molecule has 4 atom stereocenters. The third-order valence-electron chi connectivity index (χ3n) is 6.73. The molecule has 2 bridgehead atoms. The van der Waals surface area contributed by atoms with Crippen molar-refractivity contribution in [2.75, 3.05) is 26.2 Å². The molecule has 1 aromatic heterocycles. The number of aromatic nitrogens is 1. The molecule has 0 aromatic carbocycles. The highest BCUT2D eigenvalue weighted by molar-refractivity contribution is 7.09. The standard InChI is InChI=1S/C21H34N4OS/c1-3-6-21(26)22-10-20-17-9-16(19-7-4-5-8-25(19)20)11-24(12-17)13-18-14-27-15(2)23-18/h14,16-17,19-20H,3-13H2,1-2H3,(H,22,26)/t16-,17+,19+,20+/m1/s1. The average Bonchev–Trinajstić information content (AvgIpc) is 3.06. The second kappa shape index (κ2) is 8.58. The molecule has 0 aliphatic carbocycles. The van der Waals surface area contributed by atoms with Gasteiger partial charge in [0, 0.05) is 50.1 Å². The highest BCUT2D eigenvalue weighted by Gasteiger charge is 2.47. The van der Waals surface area contributed by atoms with Gasteiger partial charge in [0.15, 0.2) is 0 Å². The normalized spacial score (nSPS) is 31.5. The molecule has 3 saturated heterocycles. The smallest absolute Gasteiger partial charge is 0.220 e. The SMILES string of the molecule is CCCC(=O)NC[C@H]1[C@H]2C[C@H](CN(Cc3csc(C)n3)C2)[C@@H]2CCCCN21. The number of fused-ring (bicyclic) bond motifs is 4. The Balaban J connectivity index is 1.46. The van der Waals surface area contributed by atoms with E-state index in [-0.39, 0.29) is 5.91 Å². The third kappa shape index (κ3) is 4.38. The van der Waals surface area contributed by atoms with Crippen LogP contribution in [0.3, 0.4) is 0 Å². The molecule has 6 heteroatoms. The molecule has 1 N–H and O–H groups in total. The van der Waals surface area contributed by atoms with Crippen molar-refractivity contribution in [2.24, 2.45) is 11.8 Å². The van der Waals surface area contributed by atoms with Gasteiger partial charge in [-0.1, -0.05) is 13.3 Å². The van der Waals surface area contributed by atoms with Crippen molar-refractivity contribution in [3.63, 3.8) is 0 Å². The minimum Gasteiger partial charge on any atom is -0.355 e. The van der Waals surface area contributed by atoms with Crippen molar-refractivity contribution >= 4 is 17.2 Å². The Morgan fingerprint density at radius 1 is 1.33 bits per heavy atom. The Bertz CT molecular complexity index is 648. The van der Waals surface area contributed by atoms with Crippen LogP contribution in [-0.2, 0) is 11.3 Å². The average molecular weight is 391 g/mol. The Morgan fingerprint density at radius 2 is 2.19 bits per heavy atom. The van der Waals surface area contributed by atoms with E-state index in [1.165, 1.54) is 44.5 Å². The van der Waals surface area contributed by atoms with Gasteiger partial charge in [-0.15, -0.1) is 11.3 Å². The number of rotatable bonds is 6. The second-order valence-corrected chi connectivity index (χ2v) is 9.79. The summed E-state index contributed by atoms with van der Waals surface area (Å²) in [6.45, 7) is 9.55. The number of aryl methyl sites for hydroxylation is 1. The van der Waals surface area contributed by atoms with Crippen LogP contribution in [0.15, 0.2) is 5.38 Å². The molecule has 3 aliphatic rings. The monoisotopic (exact) mass is 390 g/mol. The summed E-state index contributed by atoms with van der Waals surface area (Å²) in [6.07, 6.45) is 6.93. The molecule has 3 aliphatic heterocycles. The molecule has 4 heterocycles. The topological polar surface area (TPSA) is 48.5 Å². The predicted molar refractivity (Wildman–Crippen MR) is 110 cm³/mol. The van der Waals surface area contributed by atoms with Gasteiger partial charge >= 0.3 is 0 Å². The third-order valence-corrected chi connectivity index (χ3v) is 7.56. The van der Waals surface area contributed by atoms with Crippen molar-refractivity contribution in [2.45, 2.75) is 71.0 Å². The minimum atomic E-state index is 0.221. The highest BCUT2D eigenvalue weighted by Crippen LogP contribution is 2.41. The molecule has 3 fully saturated rings. The maximum absolute atomic E-state index is 12.1. The number of nitrogens with zero attached hydrogens (tertiary/aromatic N) is 3. The fourth-order valence-electron chi connectivity index (χ4n) is 5.66. The van der Waals surface area contributed by atoms with Crippen LogP contribution in [0.25, 0.3) is 0 Å². The van der Waals surface area contributed by atoms with Crippen LogP contribution in [0.1, 0.15) is 56.2 Å². The summed E-state index contributed by atoms with van der Waals surface area (Å²) in [7, 11) is 0. The first kappa shape index (κ1) is 19.3.